The van der Waals surface area contributed by atoms with Gasteiger partial charge in [-0.1, -0.05) is 13.8 Å². The predicted octanol–water partition coefficient (Wildman–Crippen LogP) is 1.89. The molecule has 2 saturated heterocycles. The van der Waals surface area contributed by atoms with E-state index in [9.17, 15) is 22.8 Å². The molecule has 2 aliphatic rings. The van der Waals surface area contributed by atoms with Crippen molar-refractivity contribution in [3.05, 3.63) is 0 Å². The number of hydrogen-bond donors (Lipinski definition) is 2. The summed E-state index contributed by atoms with van der Waals surface area (Å²) in [6, 6.07) is 1.30. The highest BCUT2D eigenvalue weighted by atomic mass is 19.4. The molecule has 170 valence electrons. The van der Waals surface area contributed by atoms with E-state index in [1.807, 2.05) is 18.7 Å². The van der Waals surface area contributed by atoms with Crippen molar-refractivity contribution >= 4 is 17.8 Å². The third-order valence-electron chi connectivity index (χ3n) is 5.52. The minimum atomic E-state index is -5.08. The van der Waals surface area contributed by atoms with E-state index in [0.717, 1.165) is 25.8 Å². The second-order valence-corrected chi connectivity index (χ2v) is 8.34. The number of likely N-dealkylation sites (tertiary alicyclic amines) is 2. The summed E-state index contributed by atoms with van der Waals surface area (Å²) in [5, 5.41) is 16.3. The summed E-state index contributed by atoms with van der Waals surface area (Å²) in [5.41, 5.74) is 5.58. The Labute approximate surface area is 173 Å². The van der Waals surface area contributed by atoms with E-state index >= 15 is 0 Å². The number of carbonyl (C=O) groups is 3. The SMILES string of the molecule is C[C@@H]1CCCN1C(=O)CC(C)(C)[C@H](N)C(=O)N1CCC[C@H]1C#N.O=C(O)C(F)(F)F. The molecular weight excluding hydrogens is 405 g/mol. The van der Waals surface area contributed by atoms with Gasteiger partial charge in [-0.15, -0.1) is 0 Å². The van der Waals surface area contributed by atoms with Gasteiger partial charge in [0.2, 0.25) is 11.8 Å². The number of aliphatic carboxylic acids is 1. The molecule has 11 heteroatoms. The molecule has 8 nitrogen and oxygen atoms in total. The van der Waals surface area contributed by atoms with Gasteiger partial charge in [-0.25, -0.2) is 4.79 Å². The molecule has 2 rings (SSSR count). The second kappa shape index (κ2) is 10.1. The molecule has 0 aromatic carbocycles. The average Bonchev–Trinajstić information content (AvgIpc) is 3.28. The van der Waals surface area contributed by atoms with Crippen LogP contribution in [0, 0.1) is 16.7 Å². The molecular formula is C19H29F3N4O4. The van der Waals surface area contributed by atoms with Gasteiger partial charge in [0.25, 0.3) is 0 Å². The molecule has 0 aromatic rings. The zero-order valence-electron chi connectivity index (χ0n) is 17.4. The highest BCUT2D eigenvalue weighted by Crippen LogP contribution is 2.30. The van der Waals surface area contributed by atoms with Crippen molar-refractivity contribution in [2.75, 3.05) is 13.1 Å². The van der Waals surface area contributed by atoms with Crippen LogP contribution in [0.3, 0.4) is 0 Å². The molecule has 2 aliphatic heterocycles. The van der Waals surface area contributed by atoms with Gasteiger partial charge in [0.1, 0.15) is 6.04 Å². The van der Waals surface area contributed by atoms with Crippen molar-refractivity contribution in [3.8, 4) is 6.07 Å². The number of nitrogens with zero attached hydrogens (tertiary/aromatic N) is 3. The number of halogens is 3. The lowest BCUT2D eigenvalue weighted by atomic mass is 9.80. The first kappa shape index (κ1) is 25.7. The summed E-state index contributed by atoms with van der Waals surface area (Å²) >= 11 is 0. The van der Waals surface area contributed by atoms with Gasteiger partial charge in [0.15, 0.2) is 0 Å². The van der Waals surface area contributed by atoms with Crippen LogP contribution in [0.2, 0.25) is 0 Å². The number of carboxylic acids is 1. The topological polar surface area (TPSA) is 128 Å². The van der Waals surface area contributed by atoms with Crippen LogP contribution in [-0.4, -0.2) is 70.1 Å². The summed E-state index contributed by atoms with van der Waals surface area (Å²) in [5.74, 6) is -2.89. The fourth-order valence-corrected chi connectivity index (χ4v) is 3.58. The molecule has 2 fully saturated rings. The van der Waals surface area contributed by atoms with Gasteiger partial charge in [0, 0.05) is 25.6 Å². The summed E-state index contributed by atoms with van der Waals surface area (Å²) < 4.78 is 31.7. The largest absolute Gasteiger partial charge is 0.490 e. The molecule has 30 heavy (non-hydrogen) atoms. The van der Waals surface area contributed by atoms with E-state index in [4.69, 9.17) is 20.9 Å². The van der Waals surface area contributed by atoms with Crippen LogP contribution >= 0.6 is 0 Å². The van der Waals surface area contributed by atoms with Crippen LogP contribution in [0.4, 0.5) is 13.2 Å². The van der Waals surface area contributed by atoms with E-state index in [2.05, 4.69) is 13.0 Å². The van der Waals surface area contributed by atoms with Crippen molar-refractivity contribution < 1.29 is 32.7 Å². The molecule has 0 unspecified atom stereocenters. The molecule has 0 saturated carbocycles. The zero-order valence-corrected chi connectivity index (χ0v) is 17.4. The fourth-order valence-electron chi connectivity index (χ4n) is 3.58. The Hall–Kier alpha value is -2.35. The number of rotatable bonds is 4. The second-order valence-electron chi connectivity index (χ2n) is 8.34. The first-order valence-electron chi connectivity index (χ1n) is 9.77. The summed E-state index contributed by atoms with van der Waals surface area (Å²) in [7, 11) is 0. The number of alkyl halides is 3. The van der Waals surface area contributed by atoms with E-state index < -0.39 is 23.6 Å². The van der Waals surface area contributed by atoms with Gasteiger partial charge in [-0.05, 0) is 38.0 Å². The lowest BCUT2D eigenvalue weighted by molar-refractivity contribution is -0.192. The minimum Gasteiger partial charge on any atom is -0.475 e. The smallest absolute Gasteiger partial charge is 0.475 e. The van der Waals surface area contributed by atoms with Crippen molar-refractivity contribution in [1.82, 2.24) is 9.80 Å². The molecule has 0 bridgehead atoms. The van der Waals surface area contributed by atoms with Gasteiger partial charge >= 0.3 is 12.1 Å². The van der Waals surface area contributed by atoms with Crippen LogP contribution in [0.1, 0.15) is 52.9 Å². The minimum absolute atomic E-state index is 0.0708. The maximum atomic E-state index is 12.7. The van der Waals surface area contributed by atoms with Crippen LogP contribution in [0.15, 0.2) is 0 Å². The Morgan fingerprint density at radius 2 is 1.67 bits per heavy atom. The molecule has 2 amide bonds. The number of carbonyl (C=O) groups excluding carboxylic acids is 2. The summed E-state index contributed by atoms with van der Waals surface area (Å²) in [4.78, 5) is 37.6. The summed E-state index contributed by atoms with van der Waals surface area (Å²) in [6.07, 6.45) is -1.21. The van der Waals surface area contributed by atoms with Crippen LogP contribution in [-0.2, 0) is 14.4 Å². The van der Waals surface area contributed by atoms with Crippen LogP contribution in [0.25, 0.3) is 0 Å². The fraction of sp³-hybridized carbons (Fsp3) is 0.789. The molecule has 0 radical (unpaired) electrons. The molecule has 2 heterocycles. The van der Waals surface area contributed by atoms with Crippen LogP contribution < -0.4 is 5.73 Å². The van der Waals surface area contributed by atoms with Crippen molar-refractivity contribution in [1.29, 1.82) is 5.26 Å². The van der Waals surface area contributed by atoms with E-state index in [0.29, 0.717) is 13.0 Å². The monoisotopic (exact) mass is 434 g/mol. The molecule has 3 N–H and O–H groups in total. The van der Waals surface area contributed by atoms with Gasteiger partial charge in [-0.3, -0.25) is 9.59 Å². The van der Waals surface area contributed by atoms with E-state index in [1.54, 1.807) is 4.90 Å². The lowest BCUT2D eigenvalue weighted by Crippen LogP contribution is -2.53. The highest BCUT2D eigenvalue weighted by Gasteiger charge is 2.41. The predicted molar refractivity (Wildman–Crippen MR) is 101 cm³/mol. The first-order chi connectivity index (χ1) is 13.7. The van der Waals surface area contributed by atoms with Crippen molar-refractivity contribution in [2.24, 2.45) is 11.1 Å². The maximum Gasteiger partial charge on any atom is 0.490 e. The molecule has 0 spiro atoms. The Morgan fingerprint density at radius 1 is 1.17 bits per heavy atom. The number of amides is 2. The highest BCUT2D eigenvalue weighted by molar-refractivity contribution is 5.85. The van der Waals surface area contributed by atoms with Gasteiger partial charge < -0.3 is 20.6 Å². The van der Waals surface area contributed by atoms with Gasteiger partial charge in [-0.2, -0.15) is 18.4 Å². The van der Waals surface area contributed by atoms with Gasteiger partial charge in [0.05, 0.1) is 12.1 Å². The standard InChI is InChI=1S/C17H28N4O2.C2HF3O2/c1-12-6-4-8-20(12)14(22)10-17(2,3)15(19)16(23)21-9-5-7-13(21)11-18;3-2(4,5)1(6)7/h12-13,15H,4-10,19H2,1-3H3;(H,6,7)/t12-,13+,15-;/m1./s1. The van der Waals surface area contributed by atoms with Crippen molar-refractivity contribution in [3.63, 3.8) is 0 Å². The molecule has 0 aromatic heterocycles. The normalized spacial score (nSPS) is 22.7. The lowest BCUT2D eigenvalue weighted by Gasteiger charge is -2.35. The van der Waals surface area contributed by atoms with E-state index in [1.165, 1.54) is 0 Å². The number of carboxylic acid groups (broad SMARTS) is 1. The quantitative estimate of drug-likeness (QED) is 0.695. The third-order valence-corrected chi connectivity index (χ3v) is 5.52. The molecule has 3 atom stereocenters. The Morgan fingerprint density at radius 3 is 2.10 bits per heavy atom. The first-order valence-corrected chi connectivity index (χ1v) is 9.77. The number of nitrogens with two attached hydrogens (primary N) is 1. The molecule has 0 aliphatic carbocycles. The Bertz CT molecular complexity index is 690. The van der Waals surface area contributed by atoms with E-state index in [-0.39, 0.29) is 30.3 Å². The Balaban J connectivity index is 0.000000553. The van der Waals surface area contributed by atoms with Crippen molar-refractivity contribution in [2.45, 2.75) is 77.2 Å². The third kappa shape index (κ3) is 6.58. The summed E-state index contributed by atoms with van der Waals surface area (Å²) in [6.45, 7) is 7.17. The average molecular weight is 434 g/mol. The Kier molecular flexibility index (Phi) is 8.65. The number of hydrogen-bond acceptors (Lipinski definition) is 5. The maximum absolute atomic E-state index is 12.7. The van der Waals surface area contributed by atoms with Crippen LogP contribution in [0.5, 0.6) is 0 Å². The zero-order chi connectivity index (χ0) is 23.3. The number of nitriles is 1.